The Morgan fingerprint density at radius 3 is 2.33 bits per heavy atom. The van der Waals surface area contributed by atoms with Crippen molar-refractivity contribution in [3.05, 3.63) is 29.8 Å². The molecule has 1 aromatic rings. The second-order valence-electron chi connectivity index (χ2n) is 5.43. The highest BCUT2D eigenvalue weighted by molar-refractivity contribution is 5.92. The molecule has 1 aliphatic heterocycles. The minimum atomic E-state index is -4.46. The lowest BCUT2D eigenvalue weighted by molar-refractivity contribution is -0.890. The number of halogens is 3. The molecule has 2 rings (SSSR count). The first-order chi connectivity index (χ1) is 9.97. The maximum absolute atomic E-state index is 12.9. The summed E-state index contributed by atoms with van der Waals surface area (Å²) in [6, 6.07) is 5.08. The van der Waals surface area contributed by atoms with E-state index < -0.39 is 11.7 Å². The van der Waals surface area contributed by atoms with Crippen LogP contribution in [-0.4, -0.2) is 25.5 Å². The maximum atomic E-state index is 12.9. The standard InChI is InChI=1S/C15H19F3N2O/c16-15(17,18)12-7-3-4-8-13(12)19-14(21)11-20-9-5-1-2-6-10-20/h3-4,7-8H,1-2,5-6,9-11H2,(H,19,21)/p+1. The van der Waals surface area contributed by atoms with E-state index in [1.165, 1.54) is 31.0 Å². The molecule has 0 unspecified atom stereocenters. The number of carbonyl (C=O) groups excluding carboxylic acids is 1. The van der Waals surface area contributed by atoms with Crippen LogP contribution >= 0.6 is 0 Å². The lowest BCUT2D eigenvalue weighted by Gasteiger charge is -2.18. The Balaban J connectivity index is 1.99. The van der Waals surface area contributed by atoms with Crippen LogP contribution in [-0.2, 0) is 11.0 Å². The Morgan fingerprint density at radius 2 is 1.71 bits per heavy atom. The second-order valence-corrected chi connectivity index (χ2v) is 5.43. The minimum absolute atomic E-state index is 0.163. The number of amides is 1. The summed E-state index contributed by atoms with van der Waals surface area (Å²) in [6.45, 7) is 2.05. The van der Waals surface area contributed by atoms with Crippen molar-refractivity contribution < 1.29 is 22.9 Å². The van der Waals surface area contributed by atoms with Crippen LogP contribution in [0.1, 0.15) is 31.2 Å². The molecule has 1 fully saturated rings. The van der Waals surface area contributed by atoms with Crippen molar-refractivity contribution in [3.8, 4) is 0 Å². The van der Waals surface area contributed by atoms with Gasteiger partial charge in [0.05, 0.1) is 24.3 Å². The van der Waals surface area contributed by atoms with Crippen LogP contribution < -0.4 is 10.2 Å². The molecule has 0 aliphatic carbocycles. The zero-order chi connectivity index (χ0) is 15.3. The topological polar surface area (TPSA) is 33.5 Å². The Morgan fingerprint density at radius 1 is 1.10 bits per heavy atom. The highest BCUT2D eigenvalue weighted by Gasteiger charge is 2.33. The molecule has 2 N–H and O–H groups in total. The highest BCUT2D eigenvalue weighted by atomic mass is 19.4. The van der Waals surface area contributed by atoms with Gasteiger partial charge in [-0.05, 0) is 37.8 Å². The third-order valence-electron chi connectivity index (χ3n) is 3.73. The van der Waals surface area contributed by atoms with Gasteiger partial charge in [0.25, 0.3) is 5.91 Å². The van der Waals surface area contributed by atoms with E-state index in [1.54, 1.807) is 0 Å². The Bertz CT molecular complexity index is 480. The first-order valence-electron chi connectivity index (χ1n) is 7.26. The number of para-hydroxylation sites is 1. The quantitative estimate of drug-likeness (QED) is 0.881. The van der Waals surface area contributed by atoms with Gasteiger partial charge in [0, 0.05) is 0 Å². The molecule has 1 saturated heterocycles. The summed E-state index contributed by atoms with van der Waals surface area (Å²) in [5, 5.41) is 2.41. The van der Waals surface area contributed by atoms with Crippen molar-refractivity contribution in [2.24, 2.45) is 0 Å². The molecule has 0 aromatic heterocycles. The number of carbonyl (C=O) groups is 1. The van der Waals surface area contributed by atoms with Crippen molar-refractivity contribution in [2.75, 3.05) is 25.0 Å². The lowest BCUT2D eigenvalue weighted by Crippen LogP contribution is -3.12. The SMILES string of the molecule is O=C(C[NH+]1CCCCCC1)Nc1ccccc1C(F)(F)F. The Kier molecular flexibility index (Phi) is 5.22. The smallest absolute Gasteiger partial charge is 0.327 e. The second kappa shape index (κ2) is 6.93. The van der Waals surface area contributed by atoms with E-state index in [-0.39, 0.29) is 18.1 Å². The highest BCUT2D eigenvalue weighted by Crippen LogP contribution is 2.34. The van der Waals surface area contributed by atoms with Crippen LogP contribution in [0.4, 0.5) is 18.9 Å². The van der Waals surface area contributed by atoms with Gasteiger partial charge in [-0.1, -0.05) is 12.1 Å². The third kappa shape index (κ3) is 4.74. The molecular formula is C15H20F3N2O+. The third-order valence-corrected chi connectivity index (χ3v) is 3.73. The summed E-state index contributed by atoms with van der Waals surface area (Å²) in [5.41, 5.74) is -0.964. The van der Waals surface area contributed by atoms with Crippen LogP contribution in [0.15, 0.2) is 24.3 Å². The molecule has 6 heteroatoms. The first kappa shape index (κ1) is 15.8. The van der Waals surface area contributed by atoms with Gasteiger partial charge in [-0.3, -0.25) is 4.79 Å². The molecule has 1 aliphatic rings. The van der Waals surface area contributed by atoms with Crippen molar-refractivity contribution in [1.82, 2.24) is 0 Å². The Labute approximate surface area is 122 Å². The number of anilines is 1. The number of alkyl halides is 3. The van der Waals surface area contributed by atoms with Gasteiger partial charge in [-0.2, -0.15) is 13.2 Å². The molecule has 21 heavy (non-hydrogen) atoms. The molecule has 0 radical (unpaired) electrons. The molecule has 1 amide bonds. The molecule has 0 atom stereocenters. The normalized spacial score (nSPS) is 17.3. The number of nitrogens with one attached hydrogen (secondary N) is 2. The van der Waals surface area contributed by atoms with Crippen LogP contribution in [0.3, 0.4) is 0 Å². The van der Waals surface area contributed by atoms with Crippen LogP contribution in [0.25, 0.3) is 0 Å². The maximum Gasteiger partial charge on any atom is 0.418 e. The predicted molar refractivity (Wildman–Crippen MR) is 74.1 cm³/mol. The molecule has 0 saturated carbocycles. The fourth-order valence-corrected chi connectivity index (χ4v) is 2.67. The van der Waals surface area contributed by atoms with Crippen molar-refractivity contribution >= 4 is 11.6 Å². The lowest BCUT2D eigenvalue weighted by atomic mass is 10.1. The largest absolute Gasteiger partial charge is 0.418 e. The van der Waals surface area contributed by atoms with Gasteiger partial charge < -0.3 is 10.2 Å². The Hall–Kier alpha value is -1.56. The van der Waals surface area contributed by atoms with E-state index in [9.17, 15) is 18.0 Å². The average molecular weight is 301 g/mol. The van der Waals surface area contributed by atoms with Gasteiger partial charge >= 0.3 is 6.18 Å². The molecule has 0 bridgehead atoms. The summed E-state index contributed by atoms with van der Waals surface area (Å²) in [5.74, 6) is -0.358. The summed E-state index contributed by atoms with van der Waals surface area (Å²) in [6.07, 6.45) is 0.0207. The van der Waals surface area contributed by atoms with Gasteiger partial charge in [-0.15, -0.1) is 0 Å². The summed E-state index contributed by atoms with van der Waals surface area (Å²) < 4.78 is 38.6. The van der Waals surface area contributed by atoms with E-state index in [1.807, 2.05) is 0 Å². The van der Waals surface area contributed by atoms with Crippen LogP contribution in [0, 0.1) is 0 Å². The summed E-state index contributed by atoms with van der Waals surface area (Å²) in [4.78, 5) is 13.1. The van der Waals surface area contributed by atoms with E-state index in [0.717, 1.165) is 36.9 Å². The van der Waals surface area contributed by atoms with Crippen LogP contribution in [0.2, 0.25) is 0 Å². The van der Waals surface area contributed by atoms with E-state index in [2.05, 4.69) is 5.32 Å². The monoisotopic (exact) mass is 301 g/mol. The number of likely N-dealkylation sites (tertiary alicyclic amines) is 1. The van der Waals surface area contributed by atoms with Crippen LogP contribution in [0.5, 0.6) is 0 Å². The van der Waals surface area contributed by atoms with Gasteiger partial charge in [0.2, 0.25) is 0 Å². The van der Waals surface area contributed by atoms with E-state index >= 15 is 0 Å². The number of hydrogen-bond donors (Lipinski definition) is 2. The molecule has 116 valence electrons. The summed E-state index contributed by atoms with van der Waals surface area (Å²) >= 11 is 0. The first-order valence-corrected chi connectivity index (χ1v) is 7.26. The van der Waals surface area contributed by atoms with Gasteiger partial charge in [0.1, 0.15) is 0 Å². The molecule has 1 heterocycles. The molecule has 1 aromatic carbocycles. The summed E-state index contributed by atoms with van der Waals surface area (Å²) in [7, 11) is 0. The van der Waals surface area contributed by atoms with Gasteiger partial charge in [0.15, 0.2) is 6.54 Å². The predicted octanol–water partition coefficient (Wildman–Crippen LogP) is 2.10. The van der Waals surface area contributed by atoms with Crippen molar-refractivity contribution in [1.29, 1.82) is 0 Å². The minimum Gasteiger partial charge on any atom is -0.327 e. The van der Waals surface area contributed by atoms with Gasteiger partial charge in [-0.25, -0.2) is 0 Å². The number of rotatable bonds is 3. The van der Waals surface area contributed by atoms with Crippen molar-refractivity contribution in [3.63, 3.8) is 0 Å². The zero-order valence-electron chi connectivity index (χ0n) is 11.8. The molecular weight excluding hydrogens is 281 g/mol. The molecule has 3 nitrogen and oxygen atoms in total. The number of quaternary nitrogens is 1. The fourth-order valence-electron chi connectivity index (χ4n) is 2.67. The zero-order valence-corrected chi connectivity index (χ0v) is 11.8. The number of benzene rings is 1. The van der Waals surface area contributed by atoms with E-state index in [4.69, 9.17) is 0 Å². The number of hydrogen-bond acceptors (Lipinski definition) is 1. The fraction of sp³-hybridized carbons (Fsp3) is 0.533. The van der Waals surface area contributed by atoms with Crippen molar-refractivity contribution in [2.45, 2.75) is 31.9 Å². The average Bonchev–Trinajstić information content (AvgIpc) is 2.66. The van der Waals surface area contributed by atoms with E-state index in [0.29, 0.717) is 0 Å². The molecule has 0 spiro atoms.